The summed E-state index contributed by atoms with van der Waals surface area (Å²) in [5.41, 5.74) is 1.22. The highest BCUT2D eigenvalue weighted by molar-refractivity contribution is 9.10. The summed E-state index contributed by atoms with van der Waals surface area (Å²) >= 11 is 3.49. The van der Waals surface area contributed by atoms with E-state index in [0.717, 1.165) is 49.5 Å². The van der Waals surface area contributed by atoms with Crippen molar-refractivity contribution < 1.29 is 9.47 Å². The molecule has 1 aliphatic heterocycles. The molecular weight excluding hydrogens is 308 g/mol. The molecule has 0 radical (unpaired) electrons. The molecule has 1 aliphatic rings. The van der Waals surface area contributed by atoms with Crippen molar-refractivity contribution in [1.82, 2.24) is 10.6 Å². The lowest BCUT2D eigenvalue weighted by Gasteiger charge is -2.24. The minimum absolute atomic E-state index is 0.429. The minimum Gasteiger partial charge on any atom is -0.496 e. The summed E-state index contributed by atoms with van der Waals surface area (Å²) in [6.45, 7) is 4.45. The van der Waals surface area contributed by atoms with E-state index in [0.29, 0.717) is 6.04 Å². The number of ether oxygens (including phenoxy) is 2. The van der Waals surface area contributed by atoms with Crippen molar-refractivity contribution in [3.05, 3.63) is 28.2 Å². The van der Waals surface area contributed by atoms with Gasteiger partial charge in [0.2, 0.25) is 0 Å². The van der Waals surface area contributed by atoms with Gasteiger partial charge in [-0.05, 0) is 36.7 Å². The molecule has 19 heavy (non-hydrogen) atoms. The number of hydrogen-bond donors (Lipinski definition) is 2. The van der Waals surface area contributed by atoms with Gasteiger partial charge in [-0.2, -0.15) is 0 Å². The Labute approximate surface area is 123 Å². The second-order valence-corrected chi connectivity index (χ2v) is 5.55. The standard InChI is InChI=1S/C14H21BrN2O2/c1-18-14-3-2-12(15)8-11(14)4-5-16-9-13-10-19-7-6-17-13/h2-3,8,13,16-17H,4-7,9-10H2,1H3. The van der Waals surface area contributed by atoms with Crippen molar-refractivity contribution in [3.63, 3.8) is 0 Å². The number of morpholine rings is 1. The predicted octanol–water partition coefficient (Wildman–Crippen LogP) is 1.58. The molecule has 1 heterocycles. The van der Waals surface area contributed by atoms with E-state index in [1.807, 2.05) is 12.1 Å². The van der Waals surface area contributed by atoms with Gasteiger partial charge in [0.25, 0.3) is 0 Å². The molecule has 0 bridgehead atoms. The summed E-state index contributed by atoms with van der Waals surface area (Å²) in [7, 11) is 1.71. The van der Waals surface area contributed by atoms with Gasteiger partial charge in [0, 0.05) is 23.6 Å². The van der Waals surface area contributed by atoms with E-state index >= 15 is 0 Å². The fourth-order valence-electron chi connectivity index (χ4n) is 2.19. The molecule has 1 fully saturated rings. The smallest absolute Gasteiger partial charge is 0.122 e. The fourth-order valence-corrected chi connectivity index (χ4v) is 2.60. The highest BCUT2D eigenvalue weighted by Gasteiger charge is 2.12. The third kappa shape index (κ3) is 4.76. The molecule has 5 heteroatoms. The first kappa shape index (κ1) is 14.8. The van der Waals surface area contributed by atoms with E-state index in [9.17, 15) is 0 Å². The van der Waals surface area contributed by atoms with Crippen LogP contribution in [0.15, 0.2) is 22.7 Å². The van der Waals surface area contributed by atoms with Gasteiger partial charge in [-0.25, -0.2) is 0 Å². The highest BCUT2D eigenvalue weighted by atomic mass is 79.9. The van der Waals surface area contributed by atoms with E-state index in [2.05, 4.69) is 32.6 Å². The van der Waals surface area contributed by atoms with E-state index in [4.69, 9.17) is 9.47 Å². The molecule has 0 spiro atoms. The highest BCUT2D eigenvalue weighted by Crippen LogP contribution is 2.23. The molecule has 2 rings (SSSR count). The molecule has 0 amide bonds. The fraction of sp³-hybridized carbons (Fsp3) is 0.571. The van der Waals surface area contributed by atoms with Crippen molar-refractivity contribution in [3.8, 4) is 5.75 Å². The van der Waals surface area contributed by atoms with Crippen LogP contribution in [0.25, 0.3) is 0 Å². The van der Waals surface area contributed by atoms with Crippen LogP contribution < -0.4 is 15.4 Å². The number of methoxy groups -OCH3 is 1. The molecule has 4 nitrogen and oxygen atoms in total. The van der Waals surface area contributed by atoms with Gasteiger partial charge >= 0.3 is 0 Å². The molecule has 1 saturated heterocycles. The average Bonchev–Trinajstić information content (AvgIpc) is 2.45. The Balaban J connectivity index is 1.74. The van der Waals surface area contributed by atoms with E-state index < -0.39 is 0 Å². The normalized spacial score (nSPS) is 19.4. The van der Waals surface area contributed by atoms with Crippen LogP contribution in [0.2, 0.25) is 0 Å². The molecular formula is C14H21BrN2O2. The first-order chi connectivity index (χ1) is 9.29. The minimum atomic E-state index is 0.429. The van der Waals surface area contributed by atoms with E-state index in [1.165, 1.54) is 5.56 Å². The Morgan fingerprint density at radius 1 is 1.53 bits per heavy atom. The van der Waals surface area contributed by atoms with Crippen molar-refractivity contribution in [1.29, 1.82) is 0 Å². The van der Waals surface area contributed by atoms with E-state index in [-0.39, 0.29) is 0 Å². The first-order valence-electron chi connectivity index (χ1n) is 6.64. The molecule has 106 valence electrons. The van der Waals surface area contributed by atoms with Crippen LogP contribution in [0, 0.1) is 0 Å². The zero-order valence-corrected chi connectivity index (χ0v) is 12.8. The summed E-state index contributed by atoms with van der Waals surface area (Å²) in [6, 6.07) is 6.54. The largest absolute Gasteiger partial charge is 0.496 e. The SMILES string of the molecule is COc1ccc(Br)cc1CCNCC1COCCN1. The summed E-state index contributed by atoms with van der Waals surface area (Å²) in [5, 5.41) is 6.89. The Morgan fingerprint density at radius 2 is 2.42 bits per heavy atom. The second-order valence-electron chi connectivity index (χ2n) is 4.64. The van der Waals surface area contributed by atoms with Crippen molar-refractivity contribution in [2.75, 3.05) is 40.0 Å². The van der Waals surface area contributed by atoms with Crippen LogP contribution in [0.3, 0.4) is 0 Å². The quantitative estimate of drug-likeness (QED) is 0.778. The maximum atomic E-state index is 5.42. The Morgan fingerprint density at radius 3 is 3.16 bits per heavy atom. The Hall–Kier alpha value is -0.620. The topological polar surface area (TPSA) is 42.5 Å². The third-order valence-corrected chi connectivity index (χ3v) is 3.70. The van der Waals surface area contributed by atoms with Gasteiger partial charge in [0.05, 0.1) is 20.3 Å². The predicted molar refractivity (Wildman–Crippen MR) is 79.9 cm³/mol. The lowest BCUT2D eigenvalue weighted by atomic mass is 10.1. The van der Waals surface area contributed by atoms with Gasteiger partial charge in [-0.3, -0.25) is 0 Å². The van der Waals surface area contributed by atoms with Gasteiger partial charge in [-0.15, -0.1) is 0 Å². The summed E-state index contributed by atoms with van der Waals surface area (Å²) < 4.78 is 11.9. The number of hydrogen-bond acceptors (Lipinski definition) is 4. The summed E-state index contributed by atoms with van der Waals surface area (Å²) in [6.07, 6.45) is 0.955. The third-order valence-electron chi connectivity index (χ3n) is 3.20. The van der Waals surface area contributed by atoms with Crippen LogP contribution in [0.4, 0.5) is 0 Å². The number of rotatable bonds is 6. The van der Waals surface area contributed by atoms with Crippen molar-refractivity contribution >= 4 is 15.9 Å². The maximum Gasteiger partial charge on any atom is 0.122 e. The van der Waals surface area contributed by atoms with Gasteiger partial charge in [-0.1, -0.05) is 15.9 Å². The molecule has 0 aromatic heterocycles. The van der Waals surface area contributed by atoms with Crippen LogP contribution >= 0.6 is 15.9 Å². The van der Waals surface area contributed by atoms with Crippen molar-refractivity contribution in [2.24, 2.45) is 0 Å². The number of nitrogens with one attached hydrogen (secondary N) is 2. The van der Waals surface area contributed by atoms with Gasteiger partial charge < -0.3 is 20.1 Å². The van der Waals surface area contributed by atoms with Crippen LogP contribution in [-0.2, 0) is 11.2 Å². The molecule has 1 aromatic rings. The maximum absolute atomic E-state index is 5.42. The lowest BCUT2D eigenvalue weighted by molar-refractivity contribution is 0.0768. The van der Waals surface area contributed by atoms with Crippen LogP contribution in [0.1, 0.15) is 5.56 Å². The Bertz CT molecular complexity index is 395. The number of halogens is 1. The average molecular weight is 329 g/mol. The molecule has 1 unspecified atom stereocenters. The lowest BCUT2D eigenvalue weighted by Crippen LogP contribution is -2.47. The van der Waals surface area contributed by atoms with Gasteiger partial charge in [0.15, 0.2) is 0 Å². The summed E-state index contributed by atoms with van der Waals surface area (Å²) in [4.78, 5) is 0. The second kappa shape index (κ2) is 7.85. The zero-order valence-electron chi connectivity index (χ0n) is 11.2. The molecule has 0 aliphatic carbocycles. The molecule has 1 atom stereocenters. The number of benzene rings is 1. The summed E-state index contributed by atoms with van der Waals surface area (Å²) in [5.74, 6) is 0.948. The van der Waals surface area contributed by atoms with Crippen LogP contribution in [0.5, 0.6) is 5.75 Å². The first-order valence-corrected chi connectivity index (χ1v) is 7.43. The molecule has 2 N–H and O–H groups in total. The zero-order chi connectivity index (χ0) is 13.5. The van der Waals surface area contributed by atoms with E-state index in [1.54, 1.807) is 7.11 Å². The van der Waals surface area contributed by atoms with Crippen molar-refractivity contribution in [2.45, 2.75) is 12.5 Å². The monoisotopic (exact) mass is 328 g/mol. The molecule has 1 aromatic carbocycles. The molecule has 0 saturated carbocycles. The Kier molecular flexibility index (Phi) is 6.10. The van der Waals surface area contributed by atoms with Gasteiger partial charge in [0.1, 0.15) is 5.75 Å². The van der Waals surface area contributed by atoms with Crippen LogP contribution in [-0.4, -0.2) is 46.0 Å².